The van der Waals surface area contributed by atoms with E-state index in [0.717, 1.165) is 5.56 Å². The minimum Gasteiger partial charge on any atom is -0.282 e. The van der Waals surface area contributed by atoms with Crippen LogP contribution in [-0.4, -0.2) is 13.0 Å². The zero-order chi connectivity index (χ0) is 14.9. The second-order valence-corrected chi connectivity index (χ2v) is 6.31. The normalized spacial score (nSPS) is 11.6. The first kappa shape index (κ1) is 15.0. The third-order valence-electron chi connectivity index (χ3n) is 2.87. The molecule has 0 saturated carbocycles. The van der Waals surface area contributed by atoms with Crippen molar-refractivity contribution < 1.29 is 17.4 Å². The van der Waals surface area contributed by atoms with Crippen LogP contribution in [0.15, 0.2) is 41.3 Å². The lowest BCUT2D eigenvalue weighted by Crippen LogP contribution is -2.04. The van der Waals surface area contributed by atoms with E-state index in [1.807, 2.05) is 6.92 Å². The minimum atomic E-state index is -4.30. The van der Waals surface area contributed by atoms with Crippen molar-refractivity contribution in [2.45, 2.75) is 18.2 Å². The fourth-order valence-electron chi connectivity index (χ4n) is 1.97. The number of rotatable bonds is 3. The van der Waals surface area contributed by atoms with Gasteiger partial charge in [0.1, 0.15) is 5.82 Å². The van der Waals surface area contributed by atoms with Gasteiger partial charge < -0.3 is 0 Å². The predicted octanol–water partition coefficient (Wildman–Crippen LogP) is 3.63. The fraction of sp³-hybridized carbons (Fsp3) is 0.143. The molecule has 0 spiro atoms. The summed E-state index contributed by atoms with van der Waals surface area (Å²) < 4.78 is 45.0. The van der Waals surface area contributed by atoms with Gasteiger partial charge in [-0.25, -0.2) is 4.39 Å². The highest BCUT2D eigenvalue weighted by molar-refractivity contribution is 7.85. The molecular formula is C14H12ClFO3S. The average molecular weight is 315 g/mol. The molecule has 20 heavy (non-hydrogen) atoms. The number of hydrogen-bond donors (Lipinski definition) is 1. The molecule has 106 valence electrons. The Morgan fingerprint density at radius 2 is 1.90 bits per heavy atom. The van der Waals surface area contributed by atoms with Crippen molar-refractivity contribution in [3.8, 4) is 0 Å². The minimum absolute atomic E-state index is 0.0245. The Balaban J connectivity index is 2.47. The van der Waals surface area contributed by atoms with Crippen molar-refractivity contribution in [1.29, 1.82) is 0 Å². The smallest absolute Gasteiger partial charge is 0.282 e. The SMILES string of the molecule is Cc1ccc(S(=O)(=O)O)c(Cc2ccc(F)c(Cl)c2)c1. The Hall–Kier alpha value is -1.43. The van der Waals surface area contributed by atoms with Gasteiger partial charge in [0, 0.05) is 0 Å². The molecule has 0 amide bonds. The summed E-state index contributed by atoms with van der Waals surface area (Å²) in [5.41, 5.74) is 1.96. The number of hydrogen-bond acceptors (Lipinski definition) is 2. The molecule has 0 unspecified atom stereocenters. The monoisotopic (exact) mass is 314 g/mol. The summed E-state index contributed by atoms with van der Waals surface area (Å²) in [6, 6.07) is 8.81. The van der Waals surface area contributed by atoms with Crippen LogP contribution < -0.4 is 0 Å². The van der Waals surface area contributed by atoms with Crippen molar-refractivity contribution in [3.05, 3.63) is 63.9 Å². The van der Waals surface area contributed by atoms with Crippen LogP contribution in [0, 0.1) is 12.7 Å². The third-order valence-corrected chi connectivity index (χ3v) is 4.12. The van der Waals surface area contributed by atoms with E-state index in [1.54, 1.807) is 12.1 Å². The highest BCUT2D eigenvalue weighted by Gasteiger charge is 2.16. The van der Waals surface area contributed by atoms with Gasteiger partial charge in [-0.05, 0) is 42.7 Å². The molecule has 0 saturated heterocycles. The van der Waals surface area contributed by atoms with Crippen LogP contribution in [0.3, 0.4) is 0 Å². The Morgan fingerprint density at radius 1 is 1.20 bits per heavy atom. The van der Waals surface area contributed by atoms with Crippen LogP contribution in [0.5, 0.6) is 0 Å². The quantitative estimate of drug-likeness (QED) is 0.880. The molecule has 0 heterocycles. The Labute approximate surface area is 121 Å². The Morgan fingerprint density at radius 3 is 2.50 bits per heavy atom. The summed E-state index contributed by atoms with van der Waals surface area (Å²) in [7, 11) is -4.30. The van der Waals surface area contributed by atoms with Crippen molar-refractivity contribution in [3.63, 3.8) is 0 Å². The molecule has 0 atom stereocenters. The zero-order valence-electron chi connectivity index (χ0n) is 10.6. The topological polar surface area (TPSA) is 54.4 Å². The largest absolute Gasteiger partial charge is 0.294 e. The van der Waals surface area contributed by atoms with Gasteiger partial charge in [0.05, 0.1) is 9.92 Å². The molecule has 6 heteroatoms. The van der Waals surface area contributed by atoms with Gasteiger partial charge in [-0.15, -0.1) is 0 Å². The van der Waals surface area contributed by atoms with Crippen molar-refractivity contribution in [2.24, 2.45) is 0 Å². The summed E-state index contributed by atoms with van der Waals surface area (Å²) in [6.45, 7) is 1.81. The summed E-state index contributed by atoms with van der Waals surface area (Å²) in [5, 5.41) is -0.0245. The summed E-state index contributed by atoms with van der Waals surface area (Å²) in [4.78, 5) is -0.149. The Bertz CT molecular complexity index is 757. The van der Waals surface area contributed by atoms with Crippen LogP contribution in [0.1, 0.15) is 16.7 Å². The summed E-state index contributed by atoms with van der Waals surface area (Å²) in [6.07, 6.45) is 0.233. The van der Waals surface area contributed by atoms with Crippen molar-refractivity contribution >= 4 is 21.7 Å². The van der Waals surface area contributed by atoms with Crippen LogP contribution in [0.4, 0.5) is 4.39 Å². The lowest BCUT2D eigenvalue weighted by molar-refractivity contribution is 0.482. The molecule has 0 aliphatic rings. The fourth-order valence-corrected chi connectivity index (χ4v) is 2.87. The van der Waals surface area contributed by atoms with E-state index in [9.17, 15) is 17.4 Å². The number of aryl methyl sites for hydroxylation is 1. The molecule has 1 N–H and O–H groups in total. The van der Waals surface area contributed by atoms with Gasteiger partial charge in [0.25, 0.3) is 10.1 Å². The summed E-state index contributed by atoms with van der Waals surface area (Å²) in [5.74, 6) is -0.533. The first-order valence-corrected chi connectivity index (χ1v) is 7.60. The summed E-state index contributed by atoms with van der Waals surface area (Å²) >= 11 is 5.70. The maximum absolute atomic E-state index is 13.1. The van der Waals surface area contributed by atoms with E-state index in [2.05, 4.69) is 0 Å². The van der Waals surface area contributed by atoms with Gasteiger partial charge >= 0.3 is 0 Å². The van der Waals surface area contributed by atoms with Gasteiger partial charge in [-0.2, -0.15) is 8.42 Å². The molecule has 2 aromatic carbocycles. The van der Waals surface area contributed by atoms with Crippen LogP contribution in [0.25, 0.3) is 0 Å². The van der Waals surface area contributed by atoms with Gasteiger partial charge in [-0.1, -0.05) is 35.4 Å². The molecule has 0 aliphatic heterocycles. The molecule has 0 aliphatic carbocycles. The van der Waals surface area contributed by atoms with E-state index in [4.69, 9.17) is 11.6 Å². The van der Waals surface area contributed by atoms with Gasteiger partial charge in [0.15, 0.2) is 0 Å². The van der Waals surface area contributed by atoms with Crippen molar-refractivity contribution in [2.75, 3.05) is 0 Å². The molecule has 0 radical (unpaired) electrons. The third kappa shape index (κ3) is 3.36. The van der Waals surface area contributed by atoms with E-state index >= 15 is 0 Å². The van der Waals surface area contributed by atoms with Gasteiger partial charge in [0.2, 0.25) is 0 Å². The van der Waals surface area contributed by atoms with Crippen LogP contribution >= 0.6 is 11.6 Å². The highest BCUT2D eigenvalue weighted by atomic mass is 35.5. The van der Waals surface area contributed by atoms with E-state index < -0.39 is 15.9 Å². The second-order valence-electron chi connectivity index (χ2n) is 4.51. The first-order chi connectivity index (χ1) is 9.27. The molecular weight excluding hydrogens is 303 g/mol. The predicted molar refractivity (Wildman–Crippen MR) is 75.2 cm³/mol. The van der Waals surface area contributed by atoms with Crippen LogP contribution in [-0.2, 0) is 16.5 Å². The molecule has 0 bridgehead atoms. The molecule has 2 aromatic rings. The molecule has 0 fully saturated rings. The van der Waals surface area contributed by atoms with Gasteiger partial charge in [-0.3, -0.25) is 4.55 Å². The second kappa shape index (κ2) is 5.52. The Kier molecular flexibility index (Phi) is 4.13. The van der Waals surface area contributed by atoms with E-state index in [-0.39, 0.29) is 16.3 Å². The lowest BCUT2D eigenvalue weighted by atomic mass is 10.0. The molecule has 2 rings (SSSR count). The number of halogens is 2. The van der Waals surface area contributed by atoms with E-state index in [0.29, 0.717) is 11.1 Å². The van der Waals surface area contributed by atoms with Crippen LogP contribution in [0.2, 0.25) is 5.02 Å². The average Bonchev–Trinajstić information content (AvgIpc) is 2.32. The molecule has 3 nitrogen and oxygen atoms in total. The maximum Gasteiger partial charge on any atom is 0.294 e. The standard InChI is InChI=1S/C14H12ClFO3S/c1-9-2-5-14(20(17,18)19)11(6-9)7-10-3-4-13(16)12(15)8-10/h2-6,8H,7H2,1H3,(H,17,18,19). The maximum atomic E-state index is 13.1. The number of benzene rings is 2. The lowest BCUT2D eigenvalue weighted by Gasteiger charge is -2.09. The first-order valence-electron chi connectivity index (χ1n) is 5.78. The zero-order valence-corrected chi connectivity index (χ0v) is 12.2. The van der Waals surface area contributed by atoms with Crippen molar-refractivity contribution in [1.82, 2.24) is 0 Å². The highest BCUT2D eigenvalue weighted by Crippen LogP contribution is 2.23. The van der Waals surface area contributed by atoms with E-state index in [1.165, 1.54) is 24.3 Å². The molecule has 0 aromatic heterocycles.